The zero-order valence-corrected chi connectivity index (χ0v) is 43.2. The summed E-state index contributed by atoms with van der Waals surface area (Å²) in [6, 6.07) is 8.35. The highest BCUT2D eigenvalue weighted by Gasteiger charge is 2.43. The van der Waals surface area contributed by atoms with Crippen LogP contribution in [0.25, 0.3) is 0 Å². The second-order valence-electron chi connectivity index (χ2n) is 20.1. The molecule has 8 atom stereocenters. The fourth-order valence-electron chi connectivity index (χ4n) is 8.69. The molecule has 19 nitrogen and oxygen atoms in total. The number of methoxy groups -OCH3 is 1. The van der Waals surface area contributed by atoms with E-state index in [1.807, 2.05) is 33.8 Å². The summed E-state index contributed by atoms with van der Waals surface area (Å²) in [5, 5.41) is 19.7. The number of fused-ring (bicyclic) bond motifs is 1. The van der Waals surface area contributed by atoms with Gasteiger partial charge in [0.2, 0.25) is 23.6 Å². The average molecular weight is 993 g/mol. The topological polar surface area (TPSA) is 240 Å². The lowest BCUT2D eigenvalue weighted by molar-refractivity contribution is -0.161. The summed E-state index contributed by atoms with van der Waals surface area (Å²) in [5.41, 5.74) is 1.34. The van der Waals surface area contributed by atoms with Crippen LogP contribution in [0.3, 0.4) is 0 Å². The molecule has 1 unspecified atom stereocenters. The molecule has 2 aliphatic heterocycles. The molecule has 0 aromatic heterocycles. The number of cyclic esters (lactones) is 2. The third-order valence-corrected chi connectivity index (χ3v) is 12.7. The van der Waals surface area contributed by atoms with Crippen molar-refractivity contribution in [1.82, 2.24) is 30.7 Å². The fourth-order valence-corrected chi connectivity index (χ4v) is 8.69. The number of hydrogen-bond donors (Lipinski definition) is 4. The highest BCUT2D eigenvalue weighted by molar-refractivity contribution is 5.95. The number of likely N-dealkylation sites (N-methyl/N-ethyl adjacent to an activating group) is 2. The number of carbonyl (C=O) groups is 8. The maximum Gasteiger partial charge on any atom is 0.410 e. The van der Waals surface area contributed by atoms with Crippen molar-refractivity contribution in [2.24, 2.45) is 23.7 Å². The van der Waals surface area contributed by atoms with Gasteiger partial charge in [0.1, 0.15) is 49.2 Å². The van der Waals surface area contributed by atoms with E-state index >= 15 is 0 Å². The predicted molar refractivity (Wildman–Crippen MR) is 262 cm³/mol. The molecule has 2 aromatic carbocycles. The molecule has 4 rings (SSSR count). The minimum Gasteiger partial charge on any atom is -0.497 e. The number of esters is 2. The molecule has 0 saturated carbocycles. The first-order valence-corrected chi connectivity index (χ1v) is 24.6. The van der Waals surface area contributed by atoms with Crippen molar-refractivity contribution >= 4 is 47.6 Å². The van der Waals surface area contributed by atoms with E-state index in [1.165, 1.54) is 31.0 Å². The number of nitrogens with one attached hydrogen (secondary N) is 3. The summed E-state index contributed by atoms with van der Waals surface area (Å²) < 4.78 is 22.5. The van der Waals surface area contributed by atoms with Crippen LogP contribution in [0.4, 0.5) is 4.79 Å². The Bertz CT molecular complexity index is 2130. The van der Waals surface area contributed by atoms with Gasteiger partial charge in [-0.25, -0.2) is 9.59 Å². The first-order chi connectivity index (χ1) is 33.5. The second kappa shape index (κ2) is 26.8. The van der Waals surface area contributed by atoms with E-state index in [0.717, 1.165) is 10.5 Å². The number of aliphatic hydroxyl groups is 1. The lowest BCUT2D eigenvalue weighted by Gasteiger charge is -2.34. The zero-order chi connectivity index (χ0) is 52.7. The Hall–Kier alpha value is -6.24. The van der Waals surface area contributed by atoms with Crippen LogP contribution in [-0.4, -0.2) is 150 Å². The van der Waals surface area contributed by atoms with Gasteiger partial charge in [-0.2, -0.15) is 0 Å². The molecule has 0 bridgehead atoms. The molecular weight excluding hydrogens is 917 g/mol. The van der Waals surface area contributed by atoms with Gasteiger partial charge >= 0.3 is 18.0 Å². The predicted octanol–water partition coefficient (Wildman–Crippen LogP) is 3.77. The van der Waals surface area contributed by atoms with E-state index in [2.05, 4.69) is 16.0 Å². The third-order valence-electron chi connectivity index (χ3n) is 12.7. The second-order valence-corrected chi connectivity index (χ2v) is 20.1. The number of carbonyl (C=O) groups excluding carboxylic acids is 8. The van der Waals surface area contributed by atoms with Crippen LogP contribution < -0.4 is 20.7 Å². The van der Waals surface area contributed by atoms with Crippen LogP contribution >= 0.6 is 0 Å². The molecule has 0 aliphatic carbocycles. The van der Waals surface area contributed by atoms with Crippen LogP contribution in [0.15, 0.2) is 54.6 Å². The van der Waals surface area contributed by atoms with E-state index in [-0.39, 0.29) is 50.7 Å². The molecule has 2 fully saturated rings. The summed E-state index contributed by atoms with van der Waals surface area (Å²) in [4.78, 5) is 117. The van der Waals surface area contributed by atoms with E-state index in [1.54, 1.807) is 76.2 Å². The number of nitrogens with zero attached hydrogens (tertiary/aromatic N) is 3. The first-order valence-electron chi connectivity index (χ1n) is 24.6. The van der Waals surface area contributed by atoms with Gasteiger partial charge in [-0.1, -0.05) is 97.9 Å². The molecule has 2 heterocycles. The molecule has 4 N–H and O–H groups in total. The number of rotatable bonds is 14. The maximum atomic E-state index is 14.7. The number of benzene rings is 2. The highest BCUT2D eigenvalue weighted by atomic mass is 16.6. The van der Waals surface area contributed by atoms with Crippen molar-refractivity contribution in [2.75, 3.05) is 34.4 Å². The van der Waals surface area contributed by atoms with Crippen LogP contribution in [-0.2, 0) is 60.8 Å². The van der Waals surface area contributed by atoms with Crippen molar-refractivity contribution in [3.8, 4) is 5.75 Å². The molecule has 6 amide bonds. The Kier molecular flexibility index (Phi) is 21.7. The number of amides is 6. The largest absolute Gasteiger partial charge is 0.497 e. The van der Waals surface area contributed by atoms with E-state index in [0.29, 0.717) is 17.7 Å². The molecular formula is C52H76N6O13. The van der Waals surface area contributed by atoms with Crippen molar-refractivity contribution in [3.63, 3.8) is 0 Å². The number of hydrogen-bond acceptors (Lipinski definition) is 13. The minimum atomic E-state index is -1.65. The van der Waals surface area contributed by atoms with Crippen molar-refractivity contribution in [2.45, 2.75) is 149 Å². The third kappa shape index (κ3) is 16.4. The van der Waals surface area contributed by atoms with Gasteiger partial charge in [0, 0.05) is 27.1 Å². The van der Waals surface area contributed by atoms with Crippen LogP contribution in [0.5, 0.6) is 5.75 Å². The molecule has 2 aromatic rings. The standard InChI is InChI=1S/C52H76N6O13/c1-30(2)24-37-49(64)58-23-15-18-39(58)50(65)56(9)41(26-34-19-21-36(68-11)22-20-34)51(66)69-29-38(46(61)55-44(32(5)6)42(59)27-43(60)71-45(33(7)8)48(63)53-37)54-47(62)40(25-31(3)4)57(10)52(67)70-28-35-16-13-12-14-17-35/h12-14,16-17,19-22,30-33,37-42,44-45,59H,15,18,23-29H2,1-11H3,(H,53,63)(H,54,62)(H,55,61)/t37-,38-,39-,40?,41-,42-,44+,45-/m0/s1. The Balaban J connectivity index is 1.79. The lowest BCUT2D eigenvalue weighted by atomic mass is 9.95. The van der Waals surface area contributed by atoms with Crippen molar-refractivity contribution in [1.29, 1.82) is 0 Å². The van der Waals surface area contributed by atoms with Crippen molar-refractivity contribution in [3.05, 3.63) is 65.7 Å². The van der Waals surface area contributed by atoms with Gasteiger partial charge in [-0.15, -0.1) is 0 Å². The van der Waals surface area contributed by atoms with Crippen LogP contribution in [0.1, 0.15) is 98.6 Å². The van der Waals surface area contributed by atoms with E-state index in [4.69, 9.17) is 18.9 Å². The normalized spacial score (nSPS) is 23.9. The molecule has 2 aliphatic rings. The molecule has 0 spiro atoms. The monoisotopic (exact) mass is 993 g/mol. The van der Waals surface area contributed by atoms with Crippen molar-refractivity contribution < 1.29 is 62.4 Å². The Morgan fingerprint density at radius 1 is 0.859 bits per heavy atom. The fraction of sp³-hybridized carbons (Fsp3) is 0.615. The summed E-state index contributed by atoms with van der Waals surface area (Å²) in [6.45, 7) is 13.5. The van der Waals surface area contributed by atoms with Crippen LogP contribution in [0.2, 0.25) is 0 Å². The maximum absolute atomic E-state index is 14.7. The SMILES string of the molecule is COc1ccc(C[C@H]2C(=O)OC[C@H](NC(=O)C(CC(C)C)N(C)C(=O)OCc3ccccc3)C(=O)N[C@H](C(C)C)[C@@H](O)CC(=O)O[C@@H](C(C)C)C(=O)N[C@@H](CC(C)C)C(=O)N3CCC[C@H]3C(=O)N2C)cc1. The molecule has 19 heteroatoms. The summed E-state index contributed by atoms with van der Waals surface area (Å²) in [6.07, 6.45) is -3.46. The van der Waals surface area contributed by atoms with Gasteiger partial charge in [-0.3, -0.25) is 33.7 Å². The summed E-state index contributed by atoms with van der Waals surface area (Å²) in [5.74, 6) is -6.21. The molecule has 392 valence electrons. The van der Waals surface area contributed by atoms with Gasteiger partial charge in [0.05, 0.1) is 25.7 Å². The van der Waals surface area contributed by atoms with Gasteiger partial charge in [0.15, 0.2) is 6.10 Å². The quantitative estimate of drug-likeness (QED) is 0.156. The summed E-state index contributed by atoms with van der Waals surface area (Å²) in [7, 11) is 4.33. The lowest BCUT2D eigenvalue weighted by Crippen LogP contribution is -2.59. The van der Waals surface area contributed by atoms with Gasteiger partial charge in [-0.05, 0) is 72.6 Å². The Labute approximate surface area is 418 Å². The van der Waals surface area contributed by atoms with E-state index < -0.39 is 121 Å². The zero-order valence-electron chi connectivity index (χ0n) is 43.2. The number of aliphatic hydroxyl groups excluding tert-OH is 1. The minimum absolute atomic E-state index is 0.0683. The highest BCUT2D eigenvalue weighted by Crippen LogP contribution is 2.25. The van der Waals surface area contributed by atoms with Gasteiger partial charge < -0.3 is 49.8 Å². The molecule has 0 radical (unpaired) electrons. The summed E-state index contributed by atoms with van der Waals surface area (Å²) >= 11 is 0. The first kappa shape index (κ1) is 57.3. The van der Waals surface area contributed by atoms with Crippen LogP contribution in [0, 0.1) is 23.7 Å². The van der Waals surface area contributed by atoms with E-state index in [9.17, 15) is 43.5 Å². The number of ether oxygens (including phenoxy) is 4. The Morgan fingerprint density at radius 2 is 1.52 bits per heavy atom. The van der Waals surface area contributed by atoms with Gasteiger partial charge in [0.25, 0.3) is 5.91 Å². The molecule has 71 heavy (non-hydrogen) atoms. The molecule has 2 saturated heterocycles. The smallest absolute Gasteiger partial charge is 0.410 e. The average Bonchev–Trinajstić information content (AvgIpc) is 3.82. The Morgan fingerprint density at radius 3 is 2.11 bits per heavy atom.